The standard InChI is InChI=1S/C9H10BrNO.C2H6/c1-6-5-7-8(12)3-2-4-11(7)9(6)10;1-2/h5H,2-4H2,1H3;1-2H3. The van der Waals surface area contributed by atoms with Crippen LogP contribution < -0.4 is 0 Å². The van der Waals surface area contributed by atoms with Crippen LogP contribution in [-0.4, -0.2) is 10.4 Å². The molecule has 1 aromatic heterocycles. The van der Waals surface area contributed by atoms with Gasteiger partial charge in [-0.3, -0.25) is 4.79 Å². The van der Waals surface area contributed by atoms with Gasteiger partial charge in [-0.2, -0.15) is 0 Å². The van der Waals surface area contributed by atoms with Crippen LogP contribution in [0.25, 0.3) is 0 Å². The summed E-state index contributed by atoms with van der Waals surface area (Å²) in [5.74, 6) is 0.273. The van der Waals surface area contributed by atoms with E-state index in [1.165, 1.54) is 0 Å². The van der Waals surface area contributed by atoms with Crippen LogP contribution in [0.5, 0.6) is 0 Å². The molecule has 0 aliphatic carbocycles. The molecule has 78 valence electrons. The van der Waals surface area contributed by atoms with E-state index in [0.29, 0.717) is 6.42 Å². The van der Waals surface area contributed by atoms with Crippen molar-refractivity contribution in [3.63, 3.8) is 0 Å². The van der Waals surface area contributed by atoms with Crippen molar-refractivity contribution in [2.45, 2.75) is 40.2 Å². The second-order valence-corrected chi connectivity index (χ2v) is 3.93. The normalized spacial score (nSPS) is 14.4. The summed E-state index contributed by atoms with van der Waals surface area (Å²) in [5.41, 5.74) is 2.02. The highest BCUT2D eigenvalue weighted by Crippen LogP contribution is 2.26. The van der Waals surface area contributed by atoms with Gasteiger partial charge in [0.2, 0.25) is 0 Å². The Kier molecular flexibility index (Phi) is 3.93. The number of aryl methyl sites for hydroxylation is 1. The lowest BCUT2D eigenvalue weighted by Gasteiger charge is -2.14. The molecule has 1 aliphatic heterocycles. The van der Waals surface area contributed by atoms with Crippen LogP contribution in [0.1, 0.15) is 42.7 Å². The number of nitrogens with zero attached hydrogens (tertiary/aromatic N) is 1. The Hall–Kier alpha value is -0.570. The van der Waals surface area contributed by atoms with Crippen LogP contribution in [0.4, 0.5) is 0 Å². The van der Waals surface area contributed by atoms with E-state index in [2.05, 4.69) is 20.5 Å². The molecule has 3 heteroatoms. The van der Waals surface area contributed by atoms with E-state index < -0.39 is 0 Å². The van der Waals surface area contributed by atoms with Gasteiger partial charge in [0, 0.05) is 13.0 Å². The van der Waals surface area contributed by atoms with Crippen molar-refractivity contribution < 1.29 is 4.79 Å². The molecule has 2 nitrogen and oxygen atoms in total. The molecule has 0 spiro atoms. The molecular weight excluding hydrogens is 242 g/mol. The Morgan fingerprint density at radius 2 is 2.07 bits per heavy atom. The van der Waals surface area contributed by atoms with E-state index >= 15 is 0 Å². The van der Waals surface area contributed by atoms with Crippen molar-refractivity contribution >= 4 is 21.7 Å². The monoisotopic (exact) mass is 257 g/mol. The van der Waals surface area contributed by atoms with Gasteiger partial charge < -0.3 is 4.57 Å². The van der Waals surface area contributed by atoms with Crippen LogP contribution in [0.3, 0.4) is 0 Å². The fraction of sp³-hybridized carbons (Fsp3) is 0.545. The highest BCUT2D eigenvalue weighted by Gasteiger charge is 2.20. The molecule has 0 aromatic carbocycles. The number of fused-ring (bicyclic) bond motifs is 1. The van der Waals surface area contributed by atoms with E-state index in [-0.39, 0.29) is 5.78 Å². The molecule has 0 unspecified atom stereocenters. The summed E-state index contributed by atoms with van der Waals surface area (Å²) < 4.78 is 3.12. The minimum absolute atomic E-state index is 0.273. The second kappa shape index (κ2) is 4.78. The van der Waals surface area contributed by atoms with E-state index in [1.54, 1.807) is 0 Å². The minimum Gasteiger partial charge on any atom is -0.333 e. The number of rotatable bonds is 0. The lowest BCUT2D eigenvalue weighted by molar-refractivity contribution is 0.0954. The molecule has 2 heterocycles. The predicted octanol–water partition coefficient (Wildman–Crippen LogP) is 3.56. The molecule has 0 fully saturated rings. The molecule has 1 aromatic rings. The summed E-state index contributed by atoms with van der Waals surface area (Å²) in [6.45, 7) is 6.98. The van der Waals surface area contributed by atoms with Gasteiger partial charge in [-0.1, -0.05) is 13.8 Å². The number of aromatic nitrogens is 1. The van der Waals surface area contributed by atoms with E-state index in [0.717, 1.165) is 28.8 Å². The van der Waals surface area contributed by atoms with Crippen molar-refractivity contribution in [3.05, 3.63) is 21.9 Å². The number of hydrogen-bond donors (Lipinski definition) is 0. The van der Waals surface area contributed by atoms with E-state index in [4.69, 9.17) is 0 Å². The summed E-state index contributed by atoms with van der Waals surface area (Å²) in [4.78, 5) is 11.4. The second-order valence-electron chi connectivity index (χ2n) is 3.18. The zero-order chi connectivity index (χ0) is 10.7. The van der Waals surface area contributed by atoms with Gasteiger partial charge in [0.15, 0.2) is 5.78 Å². The molecule has 2 rings (SSSR count). The Morgan fingerprint density at radius 3 is 2.64 bits per heavy atom. The highest BCUT2D eigenvalue weighted by atomic mass is 79.9. The van der Waals surface area contributed by atoms with Crippen LogP contribution in [0.2, 0.25) is 0 Å². The van der Waals surface area contributed by atoms with E-state index in [9.17, 15) is 4.79 Å². The Bertz CT molecular complexity index is 341. The highest BCUT2D eigenvalue weighted by molar-refractivity contribution is 9.10. The summed E-state index contributed by atoms with van der Waals surface area (Å²) in [7, 11) is 0. The average Bonchev–Trinajstić information content (AvgIpc) is 2.50. The first-order valence-corrected chi connectivity index (χ1v) is 5.88. The first kappa shape index (κ1) is 11.5. The van der Waals surface area contributed by atoms with Crippen LogP contribution >= 0.6 is 15.9 Å². The average molecular weight is 258 g/mol. The van der Waals surface area contributed by atoms with Crippen LogP contribution in [0, 0.1) is 6.92 Å². The number of halogens is 1. The third kappa shape index (κ3) is 1.92. The summed E-state index contributed by atoms with van der Waals surface area (Å²) in [5, 5.41) is 0. The number of ketones is 1. The van der Waals surface area contributed by atoms with Crippen molar-refractivity contribution in [3.8, 4) is 0 Å². The van der Waals surface area contributed by atoms with Crippen molar-refractivity contribution in [1.82, 2.24) is 4.57 Å². The Morgan fingerprint density at radius 1 is 1.43 bits per heavy atom. The summed E-state index contributed by atoms with van der Waals surface area (Å²) in [6, 6.07) is 1.96. The molecule has 0 saturated heterocycles. The third-order valence-electron chi connectivity index (χ3n) is 2.28. The maximum Gasteiger partial charge on any atom is 0.179 e. The molecule has 0 atom stereocenters. The summed E-state index contributed by atoms with van der Waals surface area (Å²) >= 11 is 3.47. The van der Waals surface area contributed by atoms with Crippen LogP contribution in [-0.2, 0) is 6.54 Å². The molecule has 14 heavy (non-hydrogen) atoms. The fourth-order valence-electron chi connectivity index (χ4n) is 1.64. The number of carbonyl (C=O) groups excluding carboxylic acids is 1. The van der Waals surface area contributed by atoms with Crippen LogP contribution in [0.15, 0.2) is 10.7 Å². The number of hydrogen-bond acceptors (Lipinski definition) is 1. The molecular formula is C11H16BrNO. The van der Waals surface area contributed by atoms with Crippen molar-refractivity contribution in [1.29, 1.82) is 0 Å². The van der Waals surface area contributed by atoms with Gasteiger partial charge in [-0.15, -0.1) is 0 Å². The van der Waals surface area contributed by atoms with Crippen molar-refractivity contribution in [2.24, 2.45) is 0 Å². The van der Waals surface area contributed by atoms with Gasteiger partial charge in [-0.05, 0) is 40.9 Å². The fourth-order valence-corrected chi connectivity index (χ4v) is 2.12. The third-order valence-corrected chi connectivity index (χ3v) is 3.33. The zero-order valence-electron chi connectivity index (χ0n) is 8.93. The topological polar surface area (TPSA) is 22.0 Å². The molecule has 0 amide bonds. The number of carbonyl (C=O) groups is 1. The zero-order valence-corrected chi connectivity index (χ0v) is 10.5. The first-order chi connectivity index (χ1) is 6.70. The predicted molar refractivity (Wildman–Crippen MR) is 61.8 cm³/mol. The largest absolute Gasteiger partial charge is 0.333 e. The first-order valence-electron chi connectivity index (χ1n) is 5.09. The maximum absolute atomic E-state index is 11.4. The van der Waals surface area contributed by atoms with Gasteiger partial charge in [0.05, 0.1) is 10.3 Å². The Balaban J connectivity index is 0.000000461. The number of Topliss-reactive ketones (excluding diaryl/α,β-unsaturated/α-hetero) is 1. The van der Waals surface area contributed by atoms with E-state index in [1.807, 2.05) is 26.8 Å². The quantitative estimate of drug-likeness (QED) is 0.697. The smallest absolute Gasteiger partial charge is 0.179 e. The molecule has 0 N–H and O–H groups in total. The minimum atomic E-state index is 0.273. The van der Waals surface area contributed by atoms with Crippen molar-refractivity contribution in [2.75, 3.05) is 0 Å². The SMILES string of the molecule is CC.Cc1cc2n(c1Br)CCCC2=O. The summed E-state index contributed by atoms with van der Waals surface area (Å²) in [6.07, 6.45) is 1.68. The molecule has 1 aliphatic rings. The lowest BCUT2D eigenvalue weighted by Crippen LogP contribution is -2.15. The molecule has 0 bridgehead atoms. The lowest BCUT2D eigenvalue weighted by atomic mass is 10.1. The molecule has 0 radical (unpaired) electrons. The van der Waals surface area contributed by atoms with Gasteiger partial charge in [-0.25, -0.2) is 0 Å². The van der Waals surface area contributed by atoms with Gasteiger partial charge >= 0.3 is 0 Å². The van der Waals surface area contributed by atoms with Gasteiger partial charge in [0.1, 0.15) is 0 Å². The Labute approximate surface area is 93.4 Å². The molecule has 0 saturated carbocycles. The maximum atomic E-state index is 11.4. The van der Waals surface area contributed by atoms with Gasteiger partial charge in [0.25, 0.3) is 0 Å².